The normalized spacial score (nSPS) is 18.0. The molecule has 0 bridgehead atoms. The summed E-state index contributed by atoms with van der Waals surface area (Å²) in [5.41, 5.74) is 6.93. The van der Waals surface area contributed by atoms with Crippen LogP contribution >= 0.6 is 15.9 Å². The highest BCUT2D eigenvalue weighted by Gasteiger charge is 2.25. The number of hydrogen-bond donors (Lipinski definition) is 2. The topological polar surface area (TPSA) is 75.4 Å². The summed E-state index contributed by atoms with van der Waals surface area (Å²) < 4.78 is 28.6. The molecule has 21 heavy (non-hydrogen) atoms. The quantitative estimate of drug-likeness (QED) is 0.790. The summed E-state index contributed by atoms with van der Waals surface area (Å²) >= 11 is 3.30. The van der Waals surface area contributed by atoms with Crippen LogP contribution in [0.25, 0.3) is 0 Å². The molecule has 0 amide bonds. The maximum Gasteiger partial charge on any atom is 0.241 e. The van der Waals surface area contributed by atoms with Crippen LogP contribution in [0.3, 0.4) is 0 Å². The van der Waals surface area contributed by atoms with Crippen LogP contribution in [0.4, 0.5) is 5.69 Å². The van der Waals surface area contributed by atoms with E-state index >= 15 is 0 Å². The van der Waals surface area contributed by atoms with Crippen molar-refractivity contribution in [3.05, 3.63) is 22.2 Å². The van der Waals surface area contributed by atoms with Crippen molar-refractivity contribution in [2.75, 3.05) is 25.4 Å². The van der Waals surface area contributed by atoms with E-state index in [1.165, 1.54) is 0 Å². The molecule has 1 aromatic rings. The minimum Gasteiger partial charge on any atom is -0.398 e. The summed E-state index contributed by atoms with van der Waals surface area (Å²) in [5.74, 6) is 0. The van der Waals surface area contributed by atoms with Gasteiger partial charge in [-0.15, -0.1) is 0 Å². The average Bonchev–Trinajstić information content (AvgIpc) is 2.43. The summed E-state index contributed by atoms with van der Waals surface area (Å²) in [5, 5.41) is 0. The molecule has 0 atom stereocenters. The Kier molecular flexibility index (Phi) is 5.29. The fourth-order valence-corrected chi connectivity index (χ4v) is 4.83. The molecule has 0 unspecified atom stereocenters. The molecular formula is C14H22BrN3O2S. The van der Waals surface area contributed by atoms with Gasteiger partial charge in [0.05, 0.1) is 4.90 Å². The molecule has 1 aliphatic rings. The van der Waals surface area contributed by atoms with Gasteiger partial charge >= 0.3 is 0 Å². The largest absolute Gasteiger partial charge is 0.398 e. The van der Waals surface area contributed by atoms with Crippen LogP contribution in [0.2, 0.25) is 0 Å². The fraction of sp³-hybridized carbons (Fsp3) is 0.571. The van der Waals surface area contributed by atoms with Gasteiger partial charge in [0.1, 0.15) is 0 Å². The Morgan fingerprint density at radius 2 is 2.00 bits per heavy atom. The first-order valence-corrected chi connectivity index (χ1v) is 9.41. The zero-order valence-corrected chi connectivity index (χ0v) is 14.8. The molecule has 0 aromatic heterocycles. The zero-order valence-electron chi connectivity index (χ0n) is 12.4. The van der Waals surface area contributed by atoms with Gasteiger partial charge in [0.2, 0.25) is 10.0 Å². The Bertz CT molecular complexity index is 611. The second-order valence-corrected chi connectivity index (χ2v) is 8.05. The summed E-state index contributed by atoms with van der Waals surface area (Å²) in [7, 11) is -3.54. The van der Waals surface area contributed by atoms with Gasteiger partial charge in [0.15, 0.2) is 0 Å². The smallest absolute Gasteiger partial charge is 0.241 e. The molecule has 3 N–H and O–H groups in total. The number of sulfonamides is 1. The van der Waals surface area contributed by atoms with Crippen molar-refractivity contribution in [2.24, 2.45) is 0 Å². The van der Waals surface area contributed by atoms with Crippen molar-refractivity contribution in [1.82, 2.24) is 9.62 Å². The van der Waals surface area contributed by atoms with Gasteiger partial charge in [-0.05, 0) is 57.1 Å². The maximum absolute atomic E-state index is 12.6. The Labute approximate surface area is 135 Å². The van der Waals surface area contributed by atoms with Crippen molar-refractivity contribution in [3.8, 4) is 0 Å². The van der Waals surface area contributed by atoms with Crippen LogP contribution in [-0.4, -0.2) is 39.0 Å². The number of rotatable bonds is 4. The van der Waals surface area contributed by atoms with Gasteiger partial charge in [0, 0.05) is 16.2 Å². The number of nitrogens with one attached hydrogen (secondary N) is 1. The number of nitrogens with two attached hydrogens (primary N) is 1. The Balaban J connectivity index is 2.16. The first-order chi connectivity index (χ1) is 9.83. The molecule has 5 nitrogen and oxygen atoms in total. The lowest BCUT2D eigenvalue weighted by molar-refractivity contribution is 0.217. The molecule has 7 heteroatoms. The highest BCUT2D eigenvalue weighted by Crippen LogP contribution is 2.27. The van der Waals surface area contributed by atoms with E-state index in [4.69, 9.17) is 5.73 Å². The van der Waals surface area contributed by atoms with E-state index in [0.29, 0.717) is 15.7 Å². The van der Waals surface area contributed by atoms with E-state index in [-0.39, 0.29) is 10.9 Å². The highest BCUT2D eigenvalue weighted by molar-refractivity contribution is 9.10. The van der Waals surface area contributed by atoms with Crippen LogP contribution in [0, 0.1) is 6.92 Å². The van der Waals surface area contributed by atoms with Gasteiger partial charge in [0.25, 0.3) is 0 Å². The average molecular weight is 376 g/mol. The second-order valence-electron chi connectivity index (χ2n) is 5.45. The zero-order chi connectivity index (χ0) is 15.6. The summed E-state index contributed by atoms with van der Waals surface area (Å²) in [6.45, 7) is 6.74. The van der Waals surface area contributed by atoms with Gasteiger partial charge in [-0.3, -0.25) is 0 Å². The first-order valence-electron chi connectivity index (χ1n) is 7.13. The Hall–Kier alpha value is -0.630. The van der Waals surface area contributed by atoms with Crippen LogP contribution in [0.1, 0.15) is 25.3 Å². The number of nitrogen functional groups attached to an aromatic ring is 1. The Morgan fingerprint density at radius 1 is 1.38 bits per heavy atom. The minimum absolute atomic E-state index is 0.00240. The predicted molar refractivity (Wildman–Crippen MR) is 88.7 cm³/mol. The molecule has 1 saturated heterocycles. The molecule has 1 fully saturated rings. The van der Waals surface area contributed by atoms with E-state index in [2.05, 4.69) is 32.5 Å². The van der Waals surface area contributed by atoms with E-state index in [1.54, 1.807) is 19.1 Å². The molecule has 2 rings (SSSR count). The van der Waals surface area contributed by atoms with Gasteiger partial charge in [-0.25, -0.2) is 13.1 Å². The van der Waals surface area contributed by atoms with Crippen molar-refractivity contribution in [3.63, 3.8) is 0 Å². The summed E-state index contributed by atoms with van der Waals surface area (Å²) in [6.07, 6.45) is 1.69. The van der Waals surface area contributed by atoms with Gasteiger partial charge in [-0.2, -0.15) is 0 Å². The number of piperidine rings is 1. The monoisotopic (exact) mass is 375 g/mol. The van der Waals surface area contributed by atoms with Crippen LogP contribution in [-0.2, 0) is 10.0 Å². The standard InChI is InChI=1S/C14H22BrN3O2S/c1-3-18-6-4-12(5-7-18)17-21(19,20)14-9-11(15)8-13(16)10(14)2/h8-9,12,17H,3-7,16H2,1-2H3. The second kappa shape index (κ2) is 6.64. The Morgan fingerprint density at radius 3 is 2.57 bits per heavy atom. The predicted octanol–water partition coefficient (Wildman–Crippen LogP) is 2.10. The van der Waals surface area contributed by atoms with Crippen molar-refractivity contribution < 1.29 is 8.42 Å². The molecule has 1 heterocycles. The summed E-state index contributed by atoms with van der Waals surface area (Å²) in [6, 6.07) is 3.32. The lowest BCUT2D eigenvalue weighted by Gasteiger charge is -2.31. The van der Waals surface area contributed by atoms with E-state index in [1.807, 2.05) is 0 Å². The SMILES string of the molecule is CCN1CCC(NS(=O)(=O)c2cc(Br)cc(N)c2C)CC1. The van der Waals surface area contributed by atoms with Crippen molar-refractivity contribution in [1.29, 1.82) is 0 Å². The molecule has 0 saturated carbocycles. The molecule has 0 radical (unpaired) electrons. The highest BCUT2D eigenvalue weighted by atomic mass is 79.9. The van der Waals surface area contributed by atoms with Crippen LogP contribution in [0.5, 0.6) is 0 Å². The third-order valence-electron chi connectivity index (χ3n) is 4.01. The molecule has 0 aliphatic carbocycles. The maximum atomic E-state index is 12.6. The number of hydrogen-bond acceptors (Lipinski definition) is 4. The van der Waals surface area contributed by atoms with E-state index < -0.39 is 10.0 Å². The number of nitrogens with zero attached hydrogens (tertiary/aromatic N) is 1. The third kappa shape index (κ3) is 3.97. The number of benzene rings is 1. The van der Waals surface area contributed by atoms with Crippen LogP contribution < -0.4 is 10.5 Å². The molecular weight excluding hydrogens is 354 g/mol. The number of halogens is 1. The van der Waals surface area contributed by atoms with Crippen LogP contribution in [0.15, 0.2) is 21.5 Å². The minimum atomic E-state index is -3.54. The van der Waals surface area contributed by atoms with E-state index in [0.717, 1.165) is 32.5 Å². The number of likely N-dealkylation sites (tertiary alicyclic amines) is 1. The van der Waals surface area contributed by atoms with Gasteiger partial charge in [-0.1, -0.05) is 22.9 Å². The molecule has 118 valence electrons. The molecule has 1 aromatic carbocycles. The van der Waals surface area contributed by atoms with E-state index in [9.17, 15) is 8.42 Å². The molecule has 0 spiro atoms. The third-order valence-corrected chi connectivity index (χ3v) is 6.12. The van der Waals surface area contributed by atoms with Crippen molar-refractivity contribution in [2.45, 2.75) is 37.6 Å². The number of anilines is 1. The summed E-state index contributed by atoms with van der Waals surface area (Å²) in [4.78, 5) is 2.58. The lowest BCUT2D eigenvalue weighted by Crippen LogP contribution is -2.44. The molecule has 1 aliphatic heterocycles. The van der Waals surface area contributed by atoms with Crippen molar-refractivity contribution >= 4 is 31.6 Å². The lowest BCUT2D eigenvalue weighted by atomic mass is 10.1. The fourth-order valence-electron chi connectivity index (χ4n) is 2.60. The first kappa shape index (κ1) is 16.7. The van der Waals surface area contributed by atoms with Gasteiger partial charge < -0.3 is 10.6 Å².